The first kappa shape index (κ1) is 10.9. The Labute approximate surface area is 76.3 Å². The molecule has 1 unspecified atom stereocenters. The van der Waals surface area contributed by atoms with Crippen molar-refractivity contribution in [1.82, 2.24) is 0 Å². The van der Waals surface area contributed by atoms with Gasteiger partial charge in [0.1, 0.15) is 5.82 Å². The highest BCUT2D eigenvalue weighted by Crippen LogP contribution is 2.25. The molecule has 0 bridgehead atoms. The van der Waals surface area contributed by atoms with Crippen molar-refractivity contribution in [2.75, 3.05) is 0 Å². The average molecular weight is 211 g/mol. The molecule has 1 aromatic rings. The fraction of sp³-hybridized carbons (Fsp3) is 0.250. The van der Waals surface area contributed by atoms with Gasteiger partial charge in [-0.3, -0.25) is 0 Å². The molecule has 0 spiro atoms. The summed E-state index contributed by atoms with van der Waals surface area (Å²) in [5, 5.41) is 0. The summed E-state index contributed by atoms with van der Waals surface area (Å²) in [5.41, 5.74) is 3.69. The van der Waals surface area contributed by atoms with Crippen LogP contribution in [0.1, 0.15) is 11.6 Å². The molecule has 6 heteroatoms. The van der Waals surface area contributed by atoms with Gasteiger partial charge in [0.05, 0.1) is 6.04 Å². The van der Waals surface area contributed by atoms with E-state index in [-0.39, 0.29) is 0 Å². The van der Waals surface area contributed by atoms with E-state index in [0.717, 1.165) is 0 Å². The van der Waals surface area contributed by atoms with E-state index in [4.69, 9.17) is 5.73 Å². The van der Waals surface area contributed by atoms with Gasteiger partial charge in [-0.25, -0.2) is 22.0 Å². The minimum atomic E-state index is -3.15. The number of halogens is 5. The fourth-order valence-electron chi connectivity index (χ4n) is 0.974. The normalized spacial score (nSPS) is 13.4. The van der Waals surface area contributed by atoms with Crippen molar-refractivity contribution in [2.24, 2.45) is 5.73 Å². The Bertz CT molecular complexity index is 339. The van der Waals surface area contributed by atoms with E-state index in [1.165, 1.54) is 0 Å². The minimum Gasteiger partial charge on any atom is -0.319 e. The first-order valence-corrected chi connectivity index (χ1v) is 3.62. The molecule has 0 heterocycles. The molecule has 14 heavy (non-hydrogen) atoms. The Morgan fingerprint density at radius 3 is 2.00 bits per heavy atom. The average Bonchev–Trinajstić information content (AvgIpc) is 2.12. The molecular formula is C8H6F5N. The third-order valence-corrected chi connectivity index (χ3v) is 1.68. The molecule has 0 saturated heterocycles. The summed E-state index contributed by atoms with van der Waals surface area (Å²) in [5.74, 6) is -4.35. The largest absolute Gasteiger partial charge is 0.319 e. The summed E-state index contributed by atoms with van der Waals surface area (Å²) in [6, 6.07) is -1.10. The van der Waals surface area contributed by atoms with Crippen LogP contribution < -0.4 is 5.73 Å². The highest BCUT2D eigenvalue weighted by molar-refractivity contribution is 5.24. The van der Waals surface area contributed by atoms with Crippen LogP contribution in [0.15, 0.2) is 12.1 Å². The van der Waals surface area contributed by atoms with Crippen molar-refractivity contribution in [1.29, 1.82) is 0 Å². The van der Waals surface area contributed by atoms with Crippen molar-refractivity contribution in [3.63, 3.8) is 0 Å². The maximum Gasteiger partial charge on any atom is 0.257 e. The predicted molar refractivity (Wildman–Crippen MR) is 39.2 cm³/mol. The van der Waals surface area contributed by atoms with E-state index >= 15 is 0 Å². The van der Waals surface area contributed by atoms with Gasteiger partial charge in [-0.05, 0) is 12.1 Å². The molecule has 2 N–H and O–H groups in total. The minimum absolute atomic E-state index is 0.506. The smallest absolute Gasteiger partial charge is 0.257 e. The van der Waals surface area contributed by atoms with Crippen LogP contribution in [-0.2, 0) is 0 Å². The van der Waals surface area contributed by atoms with Crippen molar-refractivity contribution in [3.05, 3.63) is 35.1 Å². The summed E-state index contributed by atoms with van der Waals surface area (Å²) in [6.07, 6.45) is -3.15. The molecule has 0 aliphatic carbocycles. The Hall–Kier alpha value is -1.17. The molecule has 0 fully saturated rings. The van der Waals surface area contributed by atoms with Crippen LogP contribution in [-0.4, -0.2) is 6.43 Å². The highest BCUT2D eigenvalue weighted by Gasteiger charge is 2.26. The zero-order valence-corrected chi connectivity index (χ0v) is 6.78. The SMILES string of the molecule is NC(c1c(F)ccc(F)c1F)C(F)F. The lowest BCUT2D eigenvalue weighted by Gasteiger charge is -2.12. The van der Waals surface area contributed by atoms with Gasteiger partial charge < -0.3 is 5.73 Å². The molecule has 0 aromatic heterocycles. The van der Waals surface area contributed by atoms with Crippen molar-refractivity contribution >= 4 is 0 Å². The lowest BCUT2D eigenvalue weighted by atomic mass is 10.1. The third-order valence-electron chi connectivity index (χ3n) is 1.68. The Balaban J connectivity index is 3.25. The van der Waals surface area contributed by atoms with Crippen LogP contribution in [0.4, 0.5) is 22.0 Å². The summed E-state index contributed by atoms with van der Waals surface area (Å²) in [7, 11) is 0. The molecule has 0 saturated carbocycles. The molecule has 1 aromatic carbocycles. The number of hydrogen-bond acceptors (Lipinski definition) is 1. The van der Waals surface area contributed by atoms with Gasteiger partial charge in [-0.15, -0.1) is 0 Å². The molecular weight excluding hydrogens is 205 g/mol. The van der Waals surface area contributed by atoms with E-state index in [9.17, 15) is 22.0 Å². The highest BCUT2D eigenvalue weighted by atomic mass is 19.3. The monoisotopic (exact) mass is 211 g/mol. The van der Waals surface area contributed by atoms with Gasteiger partial charge in [0.25, 0.3) is 6.43 Å². The lowest BCUT2D eigenvalue weighted by molar-refractivity contribution is 0.112. The summed E-state index contributed by atoms with van der Waals surface area (Å²) >= 11 is 0. The number of nitrogens with two attached hydrogens (primary N) is 1. The van der Waals surface area contributed by atoms with Gasteiger partial charge in [0, 0.05) is 5.56 Å². The van der Waals surface area contributed by atoms with E-state index in [0.29, 0.717) is 12.1 Å². The number of rotatable bonds is 2. The number of benzene rings is 1. The van der Waals surface area contributed by atoms with Gasteiger partial charge in [0.2, 0.25) is 0 Å². The molecule has 0 aliphatic rings. The van der Waals surface area contributed by atoms with Crippen LogP contribution in [0.5, 0.6) is 0 Å². The van der Waals surface area contributed by atoms with Gasteiger partial charge >= 0.3 is 0 Å². The van der Waals surface area contributed by atoms with E-state index in [1.54, 1.807) is 0 Å². The van der Waals surface area contributed by atoms with Crippen molar-refractivity contribution in [3.8, 4) is 0 Å². The fourth-order valence-corrected chi connectivity index (χ4v) is 0.974. The second kappa shape index (κ2) is 3.91. The molecule has 1 atom stereocenters. The Morgan fingerprint density at radius 1 is 1.00 bits per heavy atom. The molecule has 0 radical (unpaired) electrons. The van der Waals surface area contributed by atoms with Crippen LogP contribution in [0.25, 0.3) is 0 Å². The van der Waals surface area contributed by atoms with E-state index < -0.39 is 35.5 Å². The van der Waals surface area contributed by atoms with Crippen LogP contribution in [0.3, 0.4) is 0 Å². The second-order valence-corrected chi connectivity index (χ2v) is 2.62. The molecule has 1 nitrogen and oxygen atoms in total. The third kappa shape index (κ3) is 1.84. The molecule has 1 rings (SSSR count). The predicted octanol–water partition coefficient (Wildman–Crippen LogP) is 2.37. The first-order chi connectivity index (χ1) is 6.45. The zero-order valence-electron chi connectivity index (χ0n) is 6.78. The van der Waals surface area contributed by atoms with Crippen LogP contribution in [0.2, 0.25) is 0 Å². The van der Waals surface area contributed by atoms with E-state index in [2.05, 4.69) is 0 Å². The molecule has 0 aliphatic heterocycles. The Kier molecular flexibility index (Phi) is 3.05. The molecule has 78 valence electrons. The van der Waals surface area contributed by atoms with Crippen molar-refractivity contribution in [2.45, 2.75) is 12.5 Å². The second-order valence-electron chi connectivity index (χ2n) is 2.62. The standard InChI is InChI=1S/C8H6F5N/c9-3-1-2-4(10)6(11)5(3)7(14)8(12)13/h1-2,7-8H,14H2. The van der Waals surface area contributed by atoms with Crippen molar-refractivity contribution < 1.29 is 22.0 Å². The lowest BCUT2D eigenvalue weighted by Crippen LogP contribution is -2.22. The van der Waals surface area contributed by atoms with E-state index in [1.807, 2.05) is 0 Å². The van der Waals surface area contributed by atoms with Crippen LogP contribution in [0, 0.1) is 17.5 Å². The summed E-state index contributed by atoms with van der Waals surface area (Å²) in [6.45, 7) is 0. The molecule has 0 amide bonds. The van der Waals surface area contributed by atoms with Gasteiger partial charge in [-0.2, -0.15) is 0 Å². The van der Waals surface area contributed by atoms with Gasteiger partial charge in [-0.1, -0.05) is 0 Å². The number of hydrogen-bond donors (Lipinski definition) is 1. The maximum absolute atomic E-state index is 12.8. The first-order valence-electron chi connectivity index (χ1n) is 3.62. The summed E-state index contributed by atoms with van der Waals surface area (Å²) in [4.78, 5) is 0. The van der Waals surface area contributed by atoms with Gasteiger partial charge in [0.15, 0.2) is 11.6 Å². The Morgan fingerprint density at radius 2 is 1.50 bits per heavy atom. The van der Waals surface area contributed by atoms with Crippen LogP contribution >= 0.6 is 0 Å². The summed E-state index contributed by atoms with van der Waals surface area (Å²) < 4.78 is 62.3. The quantitative estimate of drug-likeness (QED) is 0.589. The maximum atomic E-state index is 12.8. The zero-order chi connectivity index (χ0) is 10.9. The topological polar surface area (TPSA) is 26.0 Å². The number of alkyl halides is 2.